The number of carbonyl (C=O) groups excluding carboxylic acids is 1. The number of amides is 1. The van der Waals surface area contributed by atoms with Gasteiger partial charge >= 0.3 is 0 Å². The number of aryl methyl sites for hydroxylation is 1. The molecule has 3 rings (SSSR count). The van der Waals surface area contributed by atoms with Crippen molar-refractivity contribution in [1.29, 1.82) is 0 Å². The van der Waals surface area contributed by atoms with Gasteiger partial charge in [0.2, 0.25) is 10.0 Å². The van der Waals surface area contributed by atoms with Crippen LogP contribution in [0.25, 0.3) is 0 Å². The van der Waals surface area contributed by atoms with E-state index in [4.69, 9.17) is 0 Å². The second kappa shape index (κ2) is 7.37. The molecule has 7 nitrogen and oxygen atoms in total. The second-order valence-corrected chi connectivity index (χ2v) is 7.97. The normalized spacial score (nSPS) is 15.9. The Labute approximate surface area is 147 Å². The van der Waals surface area contributed by atoms with E-state index in [0.717, 1.165) is 19.3 Å². The predicted molar refractivity (Wildman–Crippen MR) is 94.9 cm³/mol. The van der Waals surface area contributed by atoms with Gasteiger partial charge in [0.25, 0.3) is 5.91 Å². The van der Waals surface area contributed by atoms with Gasteiger partial charge in [-0.25, -0.2) is 8.42 Å². The number of aromatic nitrogens is 2. The lowest BCUT2D eigenvalue weighted by Gasteiger charge is -2.25. The molecular formula is C17H22N4O3S. The first-order valence-electron chi connectivity index (χ1n) is 8.45. The molecule has 0 radical (unpaired) electrons. The van der Waals surface area contributed by atoms with Gasteiger partial charge in [-0.1, -0.05) is 6.42 Å². The first-order chi connectivity index (χ1) is 12.0. The molecule has 1 aliphatic heterocycles. The summed E-state index contributed by atoms with van der Waals surface area (Å²) < 4.78 is 28.4. The highest BCUT2D eigenvalue weighted by Crippen LogP contribution is 2.22. The van der Waals surface area contributed by atoms with Crippen molar-refractivity contribution in [2.45, 2.75) is 37.6 Å². The van der Waals surface area contributed by atoms with Gasteiger partial charge in [-0.15, -0.1) is 0 Å². The molecule has 0 atom stereocenters. The van der Waals surface area contributed by atoms with Crippen LogP contribution in [0.3, 0.4) is 0 Å². The molecule has 0 unspecified atom stereocenters. The molecule has 0 bridgehead atoms. The Bertz CT molecular complexity index is 837. The summed E-state index contributed by atoms with van der Waals surface area (Å²) in [7, 11) is -3.45. The average Bonchev–Trinajstić information content (AvgIpc) is 3.12. The van der Waals surface area contributed by atoms with Gasteiger partial charge in [-0.3, -0.25) is 9.48 Å². The quantitative estimate of drug-likeness (QED) is 0.885. The maximum absolute atomic E-state index is 12.6. The Hall–Kier alpha value is -2.19. The van der Waals surface area contributed by atoms with Crippen molar-refractivity contribution in [3.63, 3.8) is 0 Å². The summed E-state index contributed by atoms with van der Waals surface area (Å²) in [5.41, 5.74) is 1.01. The number of hydrogen-bond acceptors (Lipinski definition) is 4. The lowest BCUT2D eigenvalue weighted by Crippen LogP contribution is -2.35. The average molecular weight is 362 g/mol. The number of hydrogen-bond donors (Lipinski definition) is 1. The summed E-state index contributed by atoms with van der Waals surface area (Å²) in [6.07, 6.45) is 6.06. The Morgan fingerprint density at radius 3 is 2.44 bits per heavy atom. The van der Waals surface area contributed by atoms with E-state index in [-0.39, 0.29) is 10.8 Å². The highest BCUT2D eigenvalue weighted by Gasteiger charge is 2.25. The number of nitrogens with zero attached hydrogens (tertiary/aromatic N) is 3. The molecule has 2 heterocycles. The van der Waals surface area contributed by atoms with Gasteiger partial charge in [0, 0.05) is 31.5 Å². The molecule has 0 spiro atoms. The first kappa shape index (κ1) is 17.6. The summed E-state index contributed by atoms with van der Waals surface area (Å²) >= 11 is 0. The number of piperidine rings is 1. The Balaban J connectivity index is 1.70. The lowest BCUT2D eigenvalue weighted by molar-refractivity contribution is 0.102. The largest absolute Gasteiger partial charge is 0.322 e. The Morgan fingerprint density at radius 2 is 1.84 bits per heavy atom. The zero-order valence-corrected chi connectivity index (χ0v) is 15.0. The van der Waals surface area contributed by atoms with Crippen molar-refractivity contribution >= 4 is 21.6 Å². The zero-order chi connectivity index (χ0) is 17.9. The minimum Gasteiger partial charge on any atom is -0.322 e. The fourth-order valence-corrected chi connectivity index (χ4v) is 4.34. The summed E-state index contributed by atoms with van der Waals surface area (Å²) in [6, 6.07) is 6.29. The summed E-state index contributed by atoms with van der Waals surface area (Å²) in [6.45, 7) is 3.77. The Kier molecular flexibility index (Phi) is 5.19. The van der Waals surface area contributed by atoms with E-state index in [0.29, 0.717) is 30.9 Å². The molecule has 134 valence electrons. The monoisotopic (exact) mass is 362 g/mol. The van der Waals surface area contributed by atoms with Crippen molar-refractivity contribution in [1.82, 2.24) is 14.1 Å². The van der Waals surface area contributed by atoms with E-state index in [1.165, 1.54) is 22.6 Å². The number of benzene rings is 1. The molecule has 1 fully saturated rings. The molecule has 1 saturated heterocycles. The van der Waals surface area contributed by atoms with Gasteiger partial charge in [-0.2, -0.15) is 9.40 Å². The predicted octanol–water partition coefficient (Wildman–Crippen LogP) is 2.33. The number of rotatable bonds is 5. The van der Waals surface area contributed by atoms with Crippen LogP contribution in [-0.4, -0.2) is 41.5 Å². The fourth-order valence-electron chi connectivity index (χ4n) is 2.82. The molecule has 1 aromatic heterocycles. The molecule has 8 heteroatoms. The minimum atomic E-state index is -3.45. The van der Waals surface area contributed by atoms with Gasteiger partial charge in [-0.05, 0) is 44.0 Å². The van der Waals surface area contributed by atoms with E-state index in [9.17, 15) is 13.2 Å². The van der Waals surface area contributed by atoms with Crippen LogP contribution < -0.4 is 5.32 Å². The van der Waals surface area contributed by atoms with Crippen molar-refractivity contribution < 1.29 is 13.2 Å². The molecule has 1 aliphatic rings. The third kappa shape index (κ3) is 3.91. The van der Waals surface area contributed by atoms with E-state index in [1.807, 2.05) is 6.92 Å². The second-order valence-electron chi connectivity index (χ2n) is 6.03. The summed E-state index contributed by atoms with van der Waals surface area (Å²) in [5, 5.41) is 6.82. The molecule has 1 N–H and O–H groups in total. The Morgan fingerprint density at radius 1 is 1.16 bits per heavy atom. The van der Waals surface area contributed by atoms with Crippen LogP contribution in [0, 0.1) is 0 Å². The lowest BCUT2D eigenvalue weighted by atomic mass is 10.2. The van der Waals surface area contributed by atoms with Crippen LogP contribution >= 0.6 is 0 Å². The molecule has 1 aromatic carbocycles. The summed E-state index contributed by atoms with van der Waals surface area (Å²) in [4.78, 5) is 12.4. The number of anilines is 1. The van der Waals surface area contributed by atoms with Crippen molar-refractivity contribution in [2.24, 2.45) is 0 Å². The highest BCUT2D eigenvalue weighted by atomic mass is 32.2. The van der Waals surface area contributed by atoms with Crippen LogP contribution in [0.5, 0.6) is 0 Å². The van der Waals surface area contributed by atoms with Crippen LogP contribution in [0.15, 0.2) is 41.6 Å². The van der Waals surface area contributed by atoms with Crippen LogP contribution in [-0.2, 0) is 16.6 Å². The smallest absolute Gasteiger partial charge is 0.258 e. The van der Waals surface area contributed by atoms with Gasteiger partial charge < -0.3 is 5.32 Å². The van der Waals surface area contributed by atoms with E-state index >= 15 is 0 Å². The highest BCUT2D eigenvalue weighted by molar-refractivity contribution is 7.89. The van der Waals surface area contributed by atoms with Gasteiger partial charge in [0.1, 0.15) is 0 Å². The zero-order valence-electron chi connectivity index (χ0n) is 14.2. The number of sulfonamides is 1. The van der Waals surface area contributed by atoms with Crippen molar-refractivity contribution in [3.05, 3.63) is 42.2 Å². The number of carbonyl (C=O) groups is 1. The third-order valence-electron chi connectivity index (χ3n) is 4.28. The van der Waals surface area contributed by atoms with E-state index < -0.39 is 10.0 Å². The molecule has 25 heavy (non-hydrogen) atoms. The SMILES string of the molecule is CCn1cc(C(=O)Nc2ccc(S(=O)(=O)N3CCCCC3)cc2)cn1. The van der Waals surface area contributed by atoms with Crippen LogP contribution in [0.1, 0.15) is 36.5 Å². The van der Waals surface area contributed by atoms with E-state index in [2.05, 4.69) is 10.4 Å². The molecular weight excluding hydrogens is 340 g/mol. The summed E-state index contributed by atoms with van der Waals surface area (Å²) in [5.74, 6) is -0.272. The number of nitrogens with one attached hydrogen (secondary N) is 1. The maximum Gasteiger partial charge on any atom is 0.258 e. The molecule has 2 aromatic rings. The third-order valence-corrected chi connectivity index (χ3v) is 6.20. The standard InChI is InChI=1S/C17H22N4O3S/c1-2-20-13-14(12-18-20)17(22)19-15-6-8-16(9-7-15)25(23,24)21-10-4-3-5-11-21/h6-9,12-13H,2-5,10-11H2,1H3,(H,19,22). The molecule has 0 aliphatic carbocycles. The molecule has 1 amide bonds. The topological polar surface area (TPSA) is 84.3 Å². The first-order valence-corrected chi connectivity index (χ1v) is 9.89. The fraction of sp³-hybridized carbons (Fsp3) is 0.412. The van der Waals surface area contributed by atoms with Crippen molar-refractivity contribution in [3.8, 4) is 0 Å². The van der Waals surface area contributed by atoms with Gasteiger partial charge in [0.05, 0.1) is 16.7 Å². The van der Waals surface area contributed by atoms with Crippen LogP contribution in [0.4, 0.5) is 5.69 Å². The maximum atomic E-state index is 12.6. The van der Waals surface area contributed by atoms with Crippen molar-refractivity contribution in [2.75, 3.05) is 18.4 Å². The van der Waals surface area contributed by atoms with Gasteiger partial charge in [0.15, 0.2) is 0 Å². The molecule has 0 saturated carbocycles. The van der Waals surface area contributed by atoms with E-state index in [1.54, 1.807) is 23.0 Å². The van der Waals surface area contributed by atoms with Crippen LogP contribution in [0.2, 0.25) is 0 Å². The minimum absolute atomic E-state index is 0.256.